The Morgan fingerprint density at radius 2 is 1.93 bits per heavy atom. The standard InChI is InChI=1S/C15H26/c1-10(2)13-8-6-12(4)14-7-5-11(3)9-15(13)14/h5,10,12-15H,6-9H2,1-4H3/t12-,13+,14+,15-/m1/s1. The molecule has 0 spiro atoms. The summed E-state index contributed by atoms with van der Waals surface area (Å²) in [5.74, 6) is 4.84. The van der Waals surface area contributed by atoms with Crippen LogP contribution in [-0.2, 0) is 0 Å². The van der Waals surface area contributed by atoms with Crippen molar-refractivity contribution in [2.45, 2.75) is 53.4 Å². The summed E-state index contributed by atoms with van der Waals surface area (Å²) < 4.78 is 0. The van der Waals surface area contributed by atoms with Crippen LogP contribution >= 0.6 is 0 Å². The third-order valence-corrected chi connectivity index (χ3v) is 4.94. The van der Waals surface area contributed by atoms with Gasteiger partial charge < -0.3 is 0 Å². The largest absolute Gasteiger partial charge is 0.0853 e. The lowest BCUT2D eigenvalue weighted by Gasteiger charge is -2.46. The van der Waals surface area contributed by atoms with Gasteiger partial charge in [0.25, 0.3) is 0 Å². The van der Waals surface area contributed by atoms with Crippen LogP contribution in [-0.4, -0.2) is 0 Å². The van der Waals surface area contributed by atoms with Crippen LogP contribution in [0.15, 0.2) is 11.6 Å². The van der Waals surface area contributed by atoms with Crippen LogP contribution in [0, 0.1) is 29.6 Å². The number of fused-ring (bicyclic) bond motifs is 1. The summed E-state index contributed by atoms with van der Waals surface area (Å²) in [4.78, 5) is 0. The molecule has 86 valence electrons. The number of hydrogen-bond acceptors (Lipinski definition) is 0. The first-order valence-corrected chi connectivity index (χ1v) is 6.75. The molecule has 2 aliphatic rings. The molecule has 2 aliphatic carbocycles. The van der Waals surface area contributed by atoms with E-state index in [1.54, 1.807) is 5.57 Å². The quantitative estimate of drug-likeness (QED) is 0.547. The van der Waals surface area contributed by atoms with Crippen molar-refractivity contribution in [3.8, 4) is 0 Å². The van der Waals surface area contributed by atoms with Crippen LogP contribution in [0.1, 0.15) is 53.4 Å². The molecule has 0 aromatic rings. The zero-order valence-electron chi connectivity index (χ0n) is 10.8. The first-order chi connectivity index (χ1) is 7.09. The lowest BCUT2D eigenvalue weighted by atomic mass is 9.59. The van der Waals surface area contributed by atoms with Gasteiger partial charge in [0.15, 0.2) is 0 Å². The Bertz CT molecular complexity index is 249. The fourth-order valence-electron chi connectivity index (χ4n) is 3.95. The average molecular weight is 206 g/mol. The second-order valence-electron chi connectivity index (χ2n) is 6.28. The first kappa shape index (κ1) is 11.2. The van der Waals surface area contributed by atoms with E-state index in [0.717, 1.165) is 29.6 Å². The average Bonchev–Trinajstić information content (AvgIpc) is 2.17. The molecule has 0 aromatic carbocycles. The summed E-state index contributed by atoms with van der Waals surface area (Å²) in [6.45, 7) is 9.65. The predicted molar refractivity (Wildman–Crippen MR) is 66.7 cm³/mol. The van der Waals surface area contributed by atoms with E-state index in [4.69, 9.17) is 0 Å². The minimum absolute atomic E-state index is 0.885. The lowest BCUT2D eigenvalue weighted by molar-refractivity contribution is 0.0647. The van der Waals surface area contributed by atoms with E-state index in [9.17, 15) is 0 Å². The topological polar surface area (TPSA) is 0 Å². The summed E-state index contributed by atoms with van der Waals surface area (Å²) in [5, 5.41) is 0. The van der Waals surface area contributed by atoms with E-state index in [2.05, 4.69) is 33.8 Å². The van der Waals surface area contributed by atoms with Crippen molar-refractivity contribution in [2.75, 3.05) is 0 Å². The van der Waals surface area contributed by atoms with Gasteiger partial charge in [0, 0.05) is 0 Å². The third-order valence-electron chi connectivity index (χ3n) is 4.94. The van der Waals surface area contributed by atoms with Crippen molar-refractivity contribution >= 4 is 0 Å². The van der Waals surface area contributed by atoms with Crippen LogP contribution in [0.3, 0.4) is 0 Å². The van der Waals surface area contributed by atoms with Crippen LogP contribution in [0.2, 0.25) is 0 Å². The molecule has 0 aromatic heterocycles. The van der Waals surface area contributed by atoms with Crippen molar-refractivity contribution in [2.24, 2.45) is 29.6 Å². The monoisotopic (exact) mass is 206 g/mol. The van der Waals surface area contributed by atoms with Gasteiger partial charge in [0.05, 0.1) is 0 Å². The fourth-order valence-corrected chi connectivity index (χ4v) is 3.95. The summed E-state index contributed by atoms with van der Waals surface area (Å²) in [6.07, 6.45) is 8.20. The minimum Gasteiger partial charge on any atom is -0.0853 e. The molecule has 15 heavy (non-hydrogen) atoms. The predicted octanol–water partition coefficient (Wildman–Crippen LogP) is 4.66. The highest BCUT2D eigenvalue weighted by Gasteiger charge is 2.39. The fraction of sp³-hybridized carbons (Fsp3) is 0.867. The molecule has 0 radical (unpaired) electrons. The van der Waals surface area contributed by atoms with Gasteiger partial charge in [-0.25, -0.2) is 0 Å². The zero-order valence-corrected chi connectivity index (χ0v) is 10.8. The highest BCUT2D eigenvalue weighted by Crippen LogP contribution is 2.48. The summed E-state index contributed by atoms with van der Waals surface area (Å²) in [6, 6.07) is 0. The third kappa shape index (κ3) is 2.14. The van der Waals surface area contributed by atoms with Gasteiger partial charge >= 0.3 is 0 Å². The number of allylic oxidation sites excluding steroid dienone is 2. The van der Waals surface area contributed by atoms with Crippen molar-refractivity contribution in [3.05, 3.63) is 11.6 Å². The molecule has 0 amide bonds. The SMILES string of the molecule is CC1=CC[C@@H]2[C@H](C1)[C@H](C(C)C)CC[C@H]2C. The van der Waals surface area contributed by atoms with Gasteiger partial charge in [0.1, 0.15) is 0 Å². The van der Waals surface area contributed by atoms with Gasteiger partial charge in [-0.05, 0) is 55.8 Å². The van der Waals surface area contributed by atoms with Gasteiger partial charge in [-0.3, -0.25) is 0 Å². The Morgan fingerprint density at radius 3 is 2.60 bits per heavy atom. The van der Waals surface area contributed by atoms with E-state index >= 15 is 0 Å². The van der Waals surface area contributed by atoms with Crippen LogP contribution in [0.25, 0.3) is 0 Å². The molecule has 4 atom stereocenters. The van der Waals surface area contributed by atoms with Gasteiger partial charge in [-0.2, -0.15) is 0 Å². The second kappa shape index (κ2) is 4.31. The van der Waals surface area contributed by atoms with E-state index in [0.29, 0.717) is 0 Å². The molecule has 0 nitrogen and oxygen atoms in total. The molecular formula is C15H26. The smallest absolute Gasteiger partial charge is 0.0289 e. The van der Waals surface area contributed by atoms with Crippen molar-refractivity contribution in [3.63, 3.8) is 0 Å². The van der Waals surface area contributed by atoms with Crippen LogP contribution in [0.4, 0.5) is 0 Å². The summed E-state index contributed by atoms with van der Waals surface area (Å²) >= 11 is 0. The molecular weight excluding hydrogens is 180 g/mol. The Kier molecular flexibility index (Phi) is 3.23. The molecule has 0 unspecified atom stereocenters. The molecule has 0 heteroatoms. The number of hydrogen-bond donors (Lipinski definition) is 0. The van der Waals surface area contributed by atoms with Gasteiger partial charge in [-0.15, -0.1) is 0 Å². The van der Waals surface area contributed by atoms with E-state index in [-0.39, 0.29) is 0 Å². The van der Waals surface area contributed by atoms with E-state index in [1.807, 2.05) is 0 Å². The first-order valence-electron chi connectivity index (χ1n) is 6.75. The summed E-state index contributed by atoms with van der Waals surface area (Å²) in [7, 11) is 0. The van der Waals surface area contributed by atoms with E-state index < -0.39 is 0 Å². The van der Waals surface area contributed by atoms with Gasteiger partial charge in [0.2, 0.25) is 0 Å². The maximum atomic E-state index is 2.50. The molecule has 2 rings (SSSR count). The zero-order chi connectivity index (χ0) is 11.0. The van der Waals surface area contributed by atoms with Crippen molar-refractivity contribution in [1.82, 2.24) is 0 Å². The van der Waals surface area contributed by atoms with Gasteiger partial charge in [-0.1, -0.05) is 38.8 Å². The molecule has 0 N–H and O–H groups in total. The lowest BCUT2D eigenvalue weighted by Crippen LogP contribution is -2.37. The van der Waals surface area contributed by atoms with Crippen molar-refractivity contribution in [1.29, 1.82) is 0 Å². The molecule has 0 bridgehead atoms. The second-order valence-corrected chi connectivity index (χ2v) is 6.28. The Labute approximate surface area is 95.1 Å². The Hall–Kier alpha value is -0.260. The Balaban J connectivity index is 2.17. The molecule has 0 saturated heterocycles. The minimum atomic E-state index is 0.885. The molecule has 0 aliphatic heterocycles. The highest BCUT2D eigenvalue weighted by molar-refractivity contribution is 5.08. The highest BCUT2D eigenvalue weighted by atomic mass is 14.4. The summed E-state index contributed by atoms with van der Waals surface area (Å²) in [5.41, 5.74) is 1.65. The van der Waals surface area contributed by atoms with Crippen LogP contribution in [0.5, 0.6) is 0 Å². The molecule has 1 fully saturated rings. The van der Waals surface area contributed by atoms with Crippen molar-refractivity contribution < 1.29 is 0 Å². The van der Waals surface area contributed by atoms with E-state index in [1.165, 1.54) is 25.7 Å². The molecule has 1 saturated carbocycles. The molecule has 0 heterocycles. The Morgan fingerprint density at radius 1 is 1.20 bits per heavy atom. The van der Waals surface area contributed by atoms with Crippen LogP contribution < -0.4 is 0 Å². The normalized spacial score (nSPS) is 41.3. The maximum Gasteiger partial charge on any atom is -0.0289 e. The number of rotatable bonds is 1. The maximum absolute atomic E-state index is 2.50.